The summed E-state index contributed by atoms with van der Waals surface area (Å²) in [6.45, 7) is 7.84. The van der Waals surface area contributed by atoms with Crippen LogP contribution in [0.5, 0.6) is 0 Å². The predicted octanol–water partition coefficient (Wildman–Crippen LogP) is 2.76. The molecule has 13 heavy (non-hydrogen) atoms. The van der Waals surface area contributed by atoms with E-state index in [4.69, 9.17) is 0 Å². The zero-order valence-corrected chi connectivity index (χ0v) is 8.64. The third kappa shape index (κ3) is 1.53. The number of ketones is 1. The molecule has 0 amide bonds. The highest BCUT2D eigenvalue weighted by molar-refractivity contribution is 6.07. The van der Waals surface area contributed by atoms with Crippen LogP contribution < -0.4 is 0 Å². The van der Waals surface area contributed by atoms with Crippen molar-refractivity contribution in [1.29, 1.82) is 0 Å². The first kappa shape index (κ1) is 10.0. The highest BCUT2D eigenvalue weighted by atomic mass is 16.3. The number of hydrogen-bond donors (Lipinski definition) is 1. The van der Waals surface area contributed by atoms with E-state index in [1.807, 2.05) is 20.8 Å². The molecule has 2 nitrogen and oxygen atoms in total. The second-order valence-electron chi connectivity index (χ2n) is 4.04. The fourth-order valence-electron chi connectivity index (χ4n) is 2.03. The molecule has 1 aliphatic carbocycles. The molecule has 0 fully saturated rings. The molecule has 1 aliphatic rings. The maximum absolute atomic E-state index is 11.4. The standard InChI is InChI=1S/C11H16O2/c1-5-8-7(2)10(13)9(12)6-11(8,3)4/h6,12H,5H2,1-4H3. The van der Waals surface area contributed by atoms with E-state index in [-0.39, 0.29) is 17.0 Å². The van der Waals surface area contributed by atoms with Crippen molar-refractivity contribution >= 4 is 5.78 Å². The van der Waals surface area contributed by atoms with Gasteiger partial charge in [-0.2, -0.15) is 0 Å². The quantitative estimate of drug-likeness (QED) is 0.673. The van der Waals surface area contributed by atoms with Gasteiger partial charge in [0.15, 0.2) is 5.76 Å². The summed E-state index contributed by atoms with van der Waals surface area (Å²) >= 11 is 0. The molecular weight excluding hydrogens is 164 g/mol. The van der Waals surface area contributed by atoms with Gasteiger partial charge in [0.2, 0.25) is 5.78 Å². The number of allylic oxidation sites excluding steroid dienone is 3. The maximum atomic E-state index is 11.4. The molecule has 0 aromatic carbocycles. The third-order valence-electron chi connectivity index (χ3n) is 2.65. The number of aliphatic hydroxyl groups excluding tert-OH is 1. The van der Waals surface area contributed by atoms with Gasteiger partial charge in [-0.25, -0.2) is 0 Å². The summed E-state index contributed by atoms with van der Waals surface area (Å²) in [4.78, 5) is 11.4. The van der Waals surface area contributed by atoms with E-state index in [0.717, 1.165) is 12.0 Å². The average molecular weight is 180 g/mol. The lowest BCUT2D eigenvalue weighted by Gasteiger charge is -2.29. The molecular formula is C11H16O2. The summed E-state index contributed by atoms with van der Waals surface area (Å²) < 4.78 is 0. The Kier molecular flexibility index (Phi) is 2.33. The number of carbonyl (C=O) groups is 1. The Bertz CT molecular complexity index is 306. The minimum atomic E-state index is -0.226. The largest absolute Gasteiger partial charge is 0.504 e. The first-order valence-corrected chi connectivity index (χ1v) is 4.57. The van der Waals surface area contributed by atoms with Crippen molar-refractivity contribution in [2.75, 3.05) is 0 Å². The molecule has 0 bridgehead atoms. The van der Waals surface area contributed by atoms with E-state index in [9.17, 15) is 9.90 Å². The molecule has 0 aromatic rings. The van der Waals surface area contributed by atoms with Crippen molar-refractivity contribution in [3.8, 4) is 0 Å². The van der Waals surface area contributed by atoms with Crippen LogP contribution in [-0.2, 0) is 4.79 Å². The van der Waals surface area contributed by atoms with Gasteiger partial charge in [-0.1, -0.05) is 26.3 Å². The Balaban J connectivity index is 3.25. The van der Waals surface area contributed by atoms with Crippen molar-refractivity contribution in [3.05, 3.63) is 23.0 Å². The highest BCUT2D eigenvalue weighted by Gasteiger charge is 2.30. The van der Waals surface area contributed by atoms with Crippen molar-refractivity contribution < 1.29 is 9.90 Å². The zero-order chi connectivity index (χ0) is 10.2. The van der Waals surface area contributed by atoms with Crippen molar-refractivity contribution in [2.45, 2.75) is 34.1 Å². The third-order valence-corrected chi connectivity index (χ3v) is 2.65. The first-order valence-electron chi connectivity index (χ1n) is 4.57. The van der Waals surface area contributed by atoms with Gasteiger partial charge >= 0.3 is 0 Å². The van der Waals surface area contributed by atoms with Gasteiger partial charge in [0, 0.05) is 11.0 Å². The summed E-state index contributed by atoms with van der Waals surface area (Å²) in [5.74, 6) is -0.337. The average Bonchev–Trinajstić information content (AvgIpc) is 2.00. The number of carbonyl (C=O) groups excluding carboxylic acids is 1. The van der Waals surface area contributed by atoms with E-state index in [1.165, 1.54) is 0 Å². The van der Waals surface area contributed by atoms with Crippen LogP contribution in [0, 0.1) is 5.41 Å². The lowest BCUT2D eigenvalue weighted by molar-refractivity contribution is -0.114. The van der Waals surface area contributed by atoms with Crippen LogP contribution in [0.3, 0.4) is 0 Å². The molecule has 0 aromatic heterocycles. The van der Waals surface area contributed by atoms with Crippen molar-refractivity contribution in [1.82, 2.24) is 0 Å². The predicted molar refractivity (Wildman–Crippen MR) is 52.5 cm³/mol. The van der Waals surface area contributed by atoms with E-state index < -0.39 is 0 Å². The van der Waals surface area contributed by atoms with Crippen molar-refractivity contribution in [2.24, 2.45) is 5.41 Å². The number of Topliss-reactive ketones (excluding diaryl/α,β-unsaturated/α-hetero) is 1. The zero-order valence-electron chi connectivity index (χ0n) is 8.64. The Morgan fingerprint density at radius 1 is 1.46 bits per heavy atom. The Hall–Kier alpha value is -1.05. The van der Waals surface area contributed by atoms with Gasteiger partial charge in [-0.3, -0.25) is 4.79 Å². The fraction of sp³-hybridized carbons (Fsp3) is 0.545. The molecule has 1 rings (SSSR count). The van der Waals surface area contributed by atoms with Gasteiger partial charge in [0.05, 0.1) is 0 Å². The second kappa shape index (κ2) is 3.02. The van der Waals surface area contributed by atoms with Gasteiger partial charge in [0.1, 0.15) is 0 Å². The van der Waals surface area contributed by atoms with Gasteiger partial charge in [-0.15, -0.1) is 0 Å². The minimum absolute atomic E-state index is 0.111. The number of rotatable bonds is 1. The van der Waals surface area contributed by atoms with Crippen LogP contribution in [-0.4, -0.2) is 10.9 Å². The van der Waals surface area contributed by atoms with E-state index in [1.54, 1.807) is 13.0 Å². The van der Waals surface area contributed by atoms with Gasteiger partial charge in [-0.05, 0) is 19.4 Å². The number of aliphatic hydroxyl groups is 1. The molecule has 0 unspecified atom stereocenters. The smallest absolute Gasteiger partial charge is 0.222 e. The fourth-order valence-corrected chi connectivity index (χ4v) is 2.03. The van der Waals surface area contributed by atoms with Gasteiger partial charge < -0.3 is 5.11 Å². The number of hydrogen-bond acceptors (Lipinski definition) is 2. The summed E-state index contributed by atoms with van der Waals surface area (Å²) in [5.41, 5.74) is 1.64. The molecule has 0 aliphatic heterocycles. The Morgan fingerprint density at radius 3 is 2.46 bits per heavy atom. The van der Waals surface area contributed by atoms with Crippen LogP contribution in [0.4, 0.5) is 0 Å². The van der Waals surface area contributed by atoms with Gasteiger partial charge in [0.25, 0.3) is 0 Å². The Labute approximate surface area is 79.0 Å². The maximum Gasteiger partial charge on any atom is 0.222 e. The van der Waals surface area contributed by atoms with E-state index in [0.29, 0.717) is 5.57 Å². The summed E-state index contributed by atoms with van der Waals surface area (Å²) in [5, 5.41) is 9.37. The molecule has 0 heterocycles. The van der Waals surface area contributed by atoms with E-state index >= 15 is 0 Å². The van der Waals surface area contributed by atoms with Crippen LogP contribution in [0.1, 0.15) is 34.1 Å². The molecule has 0 spiro atoms. The molecule has 72 valence electrons. The Morgan fingerprint density at radius 2 is 2.00 bits per heavy atom. The van der Waals surface area contributed by atoms with Crippen LogP contribution in [0.25, 0.3) is 0 Å². The van der Waals surface area contributed by atoms with E-state index in [2.05, 4.69) is 0 Å². The first-order chi connectivity index (χ1) is 5.90. The SMILES string of the molecule is CCC1=C(C)C(=O)C(O)=CC1(C)C. The van der Waals surface area contributed by atoms with Crippen LogP contribution in [0.2, 0.25) is 0 Å². The normalized spacial score (nSPS) is 21.8. The molecule has 0 saturated heterocycles. The van der Waals surface area contributed by atoms with Crippen LogP contribution >= 0.6 is 0 Å². The lowest BCUT2D eigenvalue weighted by atomic mass is 9.75. The lowest BCUT2D eigenvalue weighted by Crippen LogP contribution is -2.23. The second-order valence-corrected chi connectivity index (χ2v) is 4.04. The highest BCUT2D eigenvalue weighted by Crippen LogP contribution is 2.37. The minimum Gasteiger partial charge on any atom is -0.504 e. The molecule has 2 heteroatoms. The monoisotopic (exact) mass is 180 g/mol. The summed E-state index contributed by atoms with van der Waals surface area (Å²) in [6.07, 6.45) is 2.50. The summed E-state index contributed by atoms with van der Waals surface area (Å²) in [6, 6.07) is 0. The molecule has 1 N–H and O–H groups in total. The molecule has 0 saturated carbocycles. The van der Waals surface area contributed by atoms with Crippen molar-refractivity contribution in [3.63, 3.8) is 0 Å². The molecule has 0 radical (unpaired) electrons. The molecule has 0 atom stereocenters. The summed E-state index contributed by atoms with van der Waals surface area (Å²) in [7, 11) is 0. The topological polar surface area (TPSA) is 37.3 Å². The van der Waals surface area contributed by atoms with Crippen LogP contribution in [0.15, 0.2) is 23.0 Å².